The minimum Gasteiger partial charge on any atom is -0.478 e. The van der Waals surface area contributed by atoms with Crippen LogP contribution in [0, 0.1) is 6.92 Å². The summed E-state index contributed by atoms with van der Waals surface area (Å²) in [4.78, 5) is 16.2. The second-order valence-corrected chi connectivity index (χ2v) is 6.15. The monoisotopic (exact) mass is 310 g/mol. The van der Waals surface area contributed by atoms with E-state index in [0.29, 0.717) is 5.56 Å². The summed E-state index contributed by atoms with van der Waals surface area (Å²) in [7, 11) is 2.10. The fourth-order valence-electron chi connectivity index (χ4n) is 3.10. The first-order valence-corrected chi connectivity index (χ1v) is 7.93. The van der Waals surface area contributed by atoms with Crippen LogP contribution in [0.25, 0.3) is 11.1 Å². The van der Waals surface area contributed by atoms with E-state index >= 15 is 0 Å². The molecule has 0 aromatic heterocycles. The summed E-state index contributed by atoms with van der Waals surface area (Å²) in [5, 5.41) is 9.67. The van der Waals surface area contributed by atoms with Gasteiger partial charge in [-0.2, -0.15) is 0 Å². The Labute approximate surface area is 137 Å². The highest BCUT2D eigenvalue weighted by Crippen LogP contribution is 2.31. The van der Waals surface area contributed by atoms with Crippen LogP contribution in [-0.4, -0.2) is 49.2 Å². The number of carboxylic acid groups (broad SMARTS) is 1. The number of rotatable bonds is 3. The molecule has 120 valence electrons. The molecule has 4 heteroatoms. The highest BCUT2D eigenvalue weighted by atomic mass is 16.4. The first-order valence-electron chi connectivity index (χ1n) is 7.93. The van der Waals surface area contributed by atoms with Crippen LogP contribution >= 0.6 is 0 Å². The molecule has 4 nitrogen and oxygen atoms in total. The van der Waals surface area contributed by atoms with Gasteiger partial charge < -0.3 is 14.9 Å². The lowest BCUT2D eigenvalue weighted by molar-refractivity contribution is 0.0697. The van der Waals surface area contributed by atoms with Crippen LogP contribution in [0.4, 0.5) is 5.69 Å². The summed E-state index contributed by atoms with van der Waals surface area (Å²) < 4.78 is 0. The number of benzene rings is 2. The van der Waals surface area contributed by atoms with Gasteiger partial charge in [-0.05, 0) is 42.8 Å². The molecule has 0 atom stereocenters. The number of aromatic carboxylic acids is 1. The van der Waals surface area contributed by atoms with E-state index in [0.717, 1.165) is 48.6 Å². The fourth-order valence-corrected chi connectivity index (χ4v) is 3.10. The Morgan fingerprint density at radius 2 is 1.70 bits per heavy atom. The topological polar surface area (TPSA) is 43.8 Å². The molecule has 0 saturated carbocycles. The molecule has 0 bridgehead atoms. The molecule has 0 unspecified atom stereocenters. The SMILES string of the molecule is Cc1cc(N2CCN(C)CC2)c(C(=O)O)cc1-c1ccccc1. The van der Waals surface area contributed by atoms with Crippen molar-refractivity contribution in [3.8, 4) is 11.1 Å². The van der Waals surface area contributed by atoms with E-state index in [1.807, 2.05) is 49.4 Å². The van der Waals surface area contributed by atoms with Gasteiger partial charge in [0.15, 0.2) is 0 Å². The molecule has 23 heavy (non-hydrogen) atoms. The van der Waals surface area contributed by atoms with Gasteiger partial charge in [0.1, 0.15) is 0 Å². The number of hydrogen-bond donors (Lipinski definition) is 1. The fraction of sp³-hybridized carbons (Fsp3) is 0.316. The van der Waals surface area contributed by atoms with Gasteiger partial charge in [-0.15, -0.1) is 0 Å². The molecule has 2 aromatic carbocycles. The first-order chi connectivity index (χ1) is 11.1. The number of piperazine rings is 1. The van der Waals surface area contributed by atoms with E-state index in [1.165, 1.54) is 0 Å². The van der Waals surface area contributed by atoms with Crippen LogP contribution in [0.2, 0.25) is 0 Å². The summed E-state index contributed by atoms with van der Waals surface area (Å²) >= 11 is 0. The summed E-state index contributed by atoms with van der Waals surface area (Å²) in [5.74, 6) is -0.865. The highest BCUT2D eigenvalue weighted by Gasteiger charge is 2.21. The van der Waals surface area contributed by atoms with Crippen LogP contribution < -0.4 is 4.90 Å². The molecule has 1 saturated heterocycles. The van der Waals surface area contributed by atoms with E-state index in [1.54, 1.807) is 0 Å². The maximum atomic E-state index is 11.8. The molecule has 2 aromatic rings. The van der Waals surface area contributed by atoms with Crippen molar-refractivity contribution < 1.29 is 9.90 Å². The average Bonchev–Trinajstić information content (AvgIpc) is 2.56. The molecule has 1 fully saturated rings. The molecule has 0 spiro atoms. The zero-order chi connectivity index (χ0) is 16.4. The van der Waals surface area contributed by atoms with Gasteiger partial charge in [0, 0.05) is 26.2 Å². The molecule has 1 aliphatic heterocycles. The van der Waals surface area contributed by atoms with Gasteiger partial charge in [0.25, 0.3) is 0 Å². The van der Waals surface area contributed by atoms with Gasteiger partial charge in [-0.3, -0.25) is 0 Å². The van der Waals surface area contributed by atoms with E-state index in [-0.39, 0.29) is 0 Å². The third kappa shape index (κ3) is 3.22. The Bertz CT molecular complexity index is 705. The van der Waals surface area contributed by atoms with E-state index in [2.05, 4.69) is 16.8 Å². The summed E-state index contributed by atoms with van der Waals surface area (Å²) in [6.45, 7) is 5.69. The largest absolute Gasteiger partial charge is 0.478 e. The highest BCUT2D eigenvalue weighted by molar-refractivity contribution is 5.97. The van der Waals surface area contributed by atoms with Crippen LogP contribution in [-0.2, 0) is 0 Å². The zero-order valence-corrected chi connectivity index (χ0v) is 13.6. The Kier molecular flexibility index (Phi) is 4.35. The number of carbonyl (C=O) groups is 1. The zero-order valence-electron chi connectivity index (χ0n) is 13.6. The van der Waals surface area contributed by atoms with Gasteiger partial charge in [-0.25, -0.2) is 4.79 Å². The minimum atomic E-state index is -0.865. The van der Waals surface area contributed by atoms with E-state index in [4.69, 9.17) is 0 Å². The van der Waals surface area contributed by atoms with Crippen LogP contribution in [0.3, 0.4) is 0 Å². The summed E-state index contributed by atoms with van der Waals surface area (Å²) in [6, 6.07) is 13.8. The minimum absolute atomic E-state index is 0.388. The maximum Gasteiger partial charge on any atom is 0.337 e. The number of likely N-dealkylation sites (N-methyl/N-ethyl adjacent to an activating group) is 1. The lowest BCUT2D eigenvalue weighted by Gasteiger charge is -2.35. The van der Waals surface area contributed by atoms with Gasteiger partial charge in [0.05, 0.1) is 11.3 Å². The van der Waals surface area contributed by atoms with Crippen molar-refractivity contribution in [1.29, 1.82) is 0 Å². The molecule has 0 radical (unpaired) electrons. The van der Waals surface area contributed by atoms with Crippen molar-refractivity contribution in [3.05, 3.63) is 53.6 Å². The first kappa shape index (κ1) is 15.6. The van der Waals surface area contributed by atoms with Crippen molar-refractivity contribution >= 4 is 11.7 Å². The predicted octanol–water partition coefficient (Wildman–Crippen LogP) is 3.11. The quantitative estimate of drug-likeness (QED) is 0.946. The van der Waals surface area contributed by atoms with Crippen molar-refractivity contribution in [2.45, 2.75) is 6.92 Å². The Balaban J connectivity index is 2.04. The number of carboxylic acids is 1. The smallest absolute Gasteiger partial charge is 0.337 e. The Hall–Kier alpha value is -2.33. The predicted molar refractivity (Wildman–Crippen MR) is 93.3 cm³/mol. The van der Waals surface area contributed by atoms with Crippen molar-refractivity contribution in [1.82, 2.24) is 4.90 Å². The van der Waals surface area contributed by atoms with Gasteiger partial charge in [0.2, 0.25) is 0 Å². The van der Waals surface area contributed by atoms with Crippen molar-refractivity contribution in [2.75, 3.05) is 38.1 Å². The molecule has 3 rings (SSSR count). The molecule has 1 heterocycles. The molecule has 0 amide bonds. The van der Waals surface area contributed by atoms with Crippen molar-refractivity contribution in [3.63, 3.8) is 0 Å². The van der Waals surface area contributed by atoms with Crippen LogP contribution in [0.1, 0.15) is 15.9 Å². The molecular formula is C19H22N2O2. The number of hydrogen-bond acceptors (Lipinski definition) is 3. The number of anilines is 1. The standard InChI is InChI=1S/C19H22N2O2/c1-14-12-18(21-10-8-20(2)9-11-21)17(19(22)23)13-16(14)15-6-4-3-5-7-15/h3-7,12-13H,8-11H2,1-2H3,(H,22,23). The van der Waals surface area contributed by atoms with Gasteiger partial charge >= 0.3 is 5.97 Å². The number of aryl methyl sites for hydroxylation is 1. The van der Waals surface area contributed by atoms with Crippen LogP contribution in [0.15, 0.2) is 42.5 Å². The van der Waals surface area contributed by atoms with Crippen LogP contribution in [0.5, 0.6) is 0 Å². The maximum absolute atomic E-state index is 11.8. The molecule has 1 aliphatic rings. The van der Waals surface area contributed by atoms with Gasteiger partial charge in [-0.1, -0.05) is 30.3 Å². The Morgan fingerprint density at radius 1 is 1.04 bits per heavy atom. The second kappa shape index (κ2) is 6.42. The molecular weight excluding hydrogens is 288 g/mol. The summed E-state index contributed by atoms with van der Waals surface area (Å²) in [5.41, 5.74) is 4.37. The number of nitrogens with zero attached hydrogens (tertiary/aromatic N) is 2. The van der Waals surface area contributed by atoms with Crippen molar-refractivity contribution in [2.24, 2.45) is 0 Å². The average molecular weight is 310 g/mol. The lowest BCUT2D eigenvalue weighted by Crippen LogP contribution is -2.45. The summed E-state index contributed by atoms with van der Waals surface area (Å²) in [6.07, 6.45) is 0. The van der Waals surface area contributed by atoms with E-state index < -0.39 is 5.97 Å². The molecule has 0 aliphatic carbocycles. The normalized spacial score (nSPS) is 15.7. The Morgan fingerprint density at radius 3 is 2.30 bits per heavy atom. The lowest BCUT2D eigenvalue weighted by atomic mass is 9.96. The second-order valence-electron chi connectivity index (χ2n) is 6.15. The third-order valence-corrected chi connectivity index (χ3v) is 4.50. The van der Waals surface area contributed by atoms with E-state index in [9.17, 15) is 9.90 Å². The molecule has 1 N–H and O–H groups in total. The third-order valence-electron chi connectivity index (χ3n) is 4.50.